The van der Waals surface area contributed by atoms with Crippen molar-refractivity contribution in [3.63, 3.8) is 0 Å². The van der Waals surface area contributed by atoms with E-state index in [9.17, 15) is 4.79 Å². The summed E-state index contributed by atoms with van der Waals surface area (Å²) in [4.78, 5) is 16.3. The number of carbonyl (C=O) groups excluding carboxylic acids is 1. The lowest BCUT2D eigenvalue weighted by atomic mass is 9.87. The molecule has 0 aliphatic carbocycles. The predicted molar refractivity (Wildman–Crippen MR) is 112 cm³/mol. The van der Waals surface area contributed by atoms with Gasteiger partial charge in [-0.3, -0.25) is 4.79 Å². The molecule has 3 N–H and O–H groups in total. The Kier molecular flexibility index (Phi) is 7.45. The predicted octanol–water partition coefficient (Wildman–Crippen LogP) is 4.24. The van der Waals surface area contributed by atoms with Gasteiger partial charge in [0.2, 0.25) is 0 Å². The van der Waals surface area contributed by atoms with Crippen molar-refractivity contribution in [1.82, 2.24) is 10.3 Å². The van der Waals surface area contributed by atoms with Crippen molar-refractivity contribution in [3.05, 3.63) is 75.7 Å². The van der Waals surface area contributed by atoms with Gasteiger partial charge in [-0.2, -0.15) is 0 Å². The third-order valence-corrected chi connectivity index (χ3v) is 4.98. The number of ether oxygens (including phenoxy) is 1. The maximum absolute atomic E-state index is 13.2. The summed E-state index contributed by atoms with van der Waals surface area (Å²) in [5, 5.41) is 11.9. The van der Waals surface area contributed by atoms with Crippen LogP contribution in [0.15, 0.2) is 58.9 Å². The number of H-pyrrole nitrogens is 1. The summed E-state index contributed by atoms with van der Waals surface area (Å²) in [6.45, 7) is 8.12. The second kappa shape index (κ2) is 9.58. The van der Waals surface area contributed by atoms with E-state index in [2.05, 4.69) is 32.8 Å². The number of rotatable bonds is 9. The molecule has 0 bridgehead atoms. The van der Waals surface area contributed by atoms with Crippen LogP contribution in [0.1, 0.15) is 41.4 Å². The average molecular weight is 433 g/mol. The number of ketones is 1. The Bertz CT molecular complexity index is 837. The number of Topliss-reactive ketones (excluding diaryl/α,β-unsaturated/α-hetero) is 1. The molecule has 1 atom stereocenters. The molecule has 0 saturated carbocycles. The van der Waals surface area contributed by atoms with E-state index in [0.717, 1.165) is 10.0 Å². The summed E-state index contributed by atoms with van der Waals surface area (Å²) >= 11 is 3.44. The lowest BCUT2D eigenvalue weighted by molar-refractivity contribution is 0.102. The molecule has 2 aromatic rings. The number of carbonyl (C=O) groups is 1. The van der Waals surface area contributed by atoms with Crippen LogP contribution in [0, 0.1) is 0 Å². The van der Waals surface area contributed by atoms with Crippen LogP contribution in [-0.4, -0.2) is 36.1 Å². The topological polar surface area (TPSA) is 74.3 Å². The molecule has 144 valence electrons. The van der Waals surface area contributed by atoms with Crippen LogP contribution in [-0.2, 0) is 4.74 Å². The van der Waals surface area contributed by atoms with E-state index in [-0.39, 0.29) is 18.3 Å². The fourth-order valence-corrected chi connectivity index (χ4v) is 3.11. The molecular weight excluding hydrogens is 408 g/mol. The Morgan fingerprint density at radius 2 is 2.04 bits per heavy atom. The van der Waals surface area contributed by atoms with Crippen molar-refractivity contribution in [2.45, 2.75) is 19.8 Å². The number of benzene rings is 1. The molecule has 6 heteroatoms. The van der Waals surface area contributed by atoms with Gasteiger partial charge >= 0.3 is 0 Å². The maximum Gasteiger partial charge on any atom is 0.194 e. The smallest absolute Gasteiger partial charge is 0.194 e. The molecule has 0 fully saturated rings. The normalized spacial score (nSPS) is 12.9. The first-order chi connectivity index (χ1) is 12.9. The summed E-state index contributed by atoms with van der Waals surface area (Å²) in [5.41, 5.74) is 3.50. The highest BCUT2D eigenvalue weighted by molar-refractivity contribution is 9.10. The quantitative estimate of drug-likeness (QED) is 0.314. The number of aliphatic hydroxyl groups is 1. The monoisotopic (exact) mass is 432 g/mol. The fourth-order valence-electron chi connectivity index (χ4n) is 2.85. The van der Waals surface area contributed by atoms with Crippen molar-refractivity contribution in [3.8, 4) is 0 Å². The minimum atomic E-state index is -0.125. The Morgan fingerprint density at radius 1 is 1.37 bits per heavy atom. The summed E-state index contributed by atoms with van der Waals surface area (Å²) in [7, 11) is 1.57. The van der Waals surface area contributed by atoms with Gasteiger partial charge in [-0.05, 0) is 30.7 Å². The Hall–Kier alpha value is -2.31. The van der Waals surface area contributed by atoms with Crippen LogP contribution in [0.5, 0.6) is 0 Å². The third kappa shape index (κ3) is 5.11. The number of methoxy groups -OCH3 is 1. The number of hydrogen-bond acceptors (Lipinski definition) is 4. The first-order valence-corrected chi connectivity index (χ1v) is 9.45. The van der Waals surface area contributed by atoms with Crippen LogP contribution >= 0.6 is 15.9 Å². The van der Waals surface area contributed by atoms with Gasteiger partial charge in [0.15, 0.2) is 5.78 Å². The van der Waals surface area contributed by atoms with Gasteiger partial charge in [0.1, 0.15) is 5.76 Å². The summed E-state index contributed by atoms with van der Waals surface area (Å²) < 4.78 is 6.40. The molecule has 0 spiro atoms. The van der Waals surface area contributed by atoms with Gasteiger partial charge < -0.3 is 20.1 Å². The molecule has 1 aromatic heterocycles. The zero-order valence-corrected chi connectivity index (χ0v) is 17.4. The zero-order chi connectivity index (χ0) is 20.0. The molecule has 2 rings (SSSR count). The van der Waals surface area contributed by atoms with Crippen LogP contribution in [0.2, 0.25) is 0 Å². The number of aromatic amines is 1. The van der Waals surface area contributed by atoms with Crippen molar-refractivity contribution < 1.29 is 14.6 Å². The number of allylic oxidation sites excluding steroid dienone is 2. The second-order valence-electron chi connectivity index (χ2n) is 6.21. The number of hydrogen-bond donors (Lipinski definition) is 3. The molecule has 0 amide bonds. The molecule has 1 unspecified atom stereocenters. The number of aliphatic hydroxyl groups excluding tert-OH is 1. The number of nitrogens with one attached hydrogen (secondary N) is 2. The average Bonchev–Trinajstić information content (AvgIpc) is 3.16. The molecule has 1 heterocycles. The van der Waals surface area contributed by atoms with Crippen molar-refractivity contribution in [2.75, 3.05) is 20.3 Å². The SMILES string of the molecule is C=C(NCCO)c1cc(C(=O)/C(=C(\C)OC)C(C)c2ccc(Br)cc2)c[nH]1. The van der Waals surface area contributed by atoms with Crippen LogP contribution in [0.3, 0.4) is 0 Å². The second-order valence-corrected chi connectivity index (χ2v) is 7.12. The fraction of sp³-hybridized carbons (Fsp3) is 0.286. The minimum absolute atomic E-state index is 0.0101. The van der Waals surface area contributed by atoms with E-state index in [4.69, 9.17) is 9.84 Å². The summed E-state index contributed by atoms with van der Waals surface area (Å²) in [5.74, 6) is 0.372. The lowest BCUT2D eigenvalue weighted by Gasteiger charge is -2.18. The Balaban J connectivity index is 2.32. The highest BCUT2D eigenvalue weighted by Crippen LogP contribution is 2.31. The molecule has 0 saturated heterocycles. The molecule has 0 aliphatic rings. The van der Waals surface area contributed by atoms with Crippen molar-refractivity contribution >= 4 is 27.4 Å². The maximum atomic E-state index is 13.2. The van der Waals surface area contributed by atoms with Gasteiger partial charge in [0.25, 0.3) is 0 Å². The molecule has 0 aliphatic heterocycles. The molecular formula is C21H25BrN2O3. The minimum Gasteiger partial charge on any atom is -0.501 e. The summed E-state index contributed by atoms with van der Waals surface area (Å²) in [6, 6.07) is 9.66. The number of aromatic nitrogens is 1. The van der Waals surface area contributed by atoms with Crippen LogP contribution < -0.4 is 5.32 Å². The first kappa shape index (κ1) is 21.0. The van der Waals surface area contributed by atoms with Gasteiger partial charge in [-0.15, -0.1) is 0 Å². The standard InChI is InChI=1S/C21H25BrN2O3/c1-13(16-5-7-18(22)8-6-16)20(15(3)27-4)21(26)17-11-19(24-12-17)14(2)23-9-10-25/h5-8,11-13,23-25H,2,9-10H2,1,3-4H3/b20-15+. The van der Waals surface area contributed by atoms with Gasteiger partial charge in [0, 0.05) is 34.3 Å². The van der Waals surface area contributed by atoms with E-state index in [1.54, 1.807) is 26.3 Å². The first-order valence-electron chi connectivity index (χ1n) is 8.66. The third-order valence-electron chi connectivity index (χ3n) is 4.45. The number of halogens is 1. The van der Waals surface area contributed by atoms with E-state index in [1.165, 1.54) is 0 Å². The largest absolute Gasteiger partial charge is 0.501 e. The molecule has 5 nitrogen and oxygen atoms in total. The van der Waals surface area contributed by atoms with Crippen molar-refractivity contribution in [2.24, 2.45) is 0 Å². The van der Waals surface area contributed by atoms with E-state index >= 15 is 0 Å². The Labute approximate surface area is 168 Å². The summed E-state index contributed by atoms with van der Waals surface area (Å²) in [6.07, 6.45) is 1.67. The highest BCUT2D eigenvalue weighted by atomic mass is 79.9. The lowest BCUT2D eigenvalue weighted by Crippen LogP contribution is -2.16. The van der Waals surface area contributed by atoms with Gasteiger partial charge in [-0.1, -0.05) is 41.6 Å². The van der Waals surface area contributed by atoms with Crippen molar-refractivity contribution in [1.29, 1.82) is 0 Å². The van der Waals surface area contributed by atoms with E-state index in [0.29, 0.717) is 34.8 Å². The molecule has 0 radical (unpaired) electrons. The van der Waals surface area contributed by atoms with Gasteiger partial charge in [-0.25, -0.2) is 0 Å². The van der Waals surface area contributed by atoms with Gasteiger partial charge in [0.05, 0.1) is 25.1 Å². The zero-order valence-electron chi connectivity index (χ0n) is 15.8. The highest BCUT2D eigenvalue weighted by Gasteiger charge is 2.24. The van der Waals surface area contributed by atoms with Crippen LogP contribution in [0.4, 0.5) is 0 Å². The Morgan fingerprint density at radius 3 is 2.63 bits per heavy atom. The molecule has 1 aromatic carbocycles. The van der Waals surface area contributed by atoms with Crippen LogP contribution in [0.25, 0.3) is 5.70 Å². The van der Waals surface area contributed by atoms with E-state index < -0.39 is 0 Å². The van der Waals surface area contributed by atoms with E-state index in [1.807, 2.05) is 31.2 Å². The molecule has 27 heavy (non-hydrogen) atoms.